The topological polar surface area (TPSA) is 66.2 Å². The van der Waals surface area contributed by atoms with Gasteiger partial charge >= 0.3 is 6.18 Å². The van der Waals surface area contributed by atoms with E-state index in [1.807, 2.05) is 0 Å². The van der Waals surface area contributed by atoms with Crippen LogP contribution in [0.4, 0.5) is 13.2 Å². The van der Waals surface area contributed by atoms with Crippen LogP contribution in [0.5, 0.6) is 0 Å². The van der Waals surface area contributed by atoms with Crippen LogP contribution in [0.1, 0.15) is 26.2 Å². The highest BCUT2D eigenvalue weighted by Gasteiger charge is 2.32. The Bertz CT molecular complexity index is 211. The van der Waals surface area contributed by atoms with Crippen molar-refractivity contribution in [1.29, 1.82) is 0 Å². The number of carbonyl (C=O) groups excluding carboxylic acids is 1. The van der Waals surface area contributed by atoms with Gasteiger partial charge in [-0.1, -0.05) is 6.92 Å². The Kier molecular flexibility index (Phi) is 6.04. The minimum absolute atomic E-state index is 0.124. The Morgan fingerprint density at radius 2 is 2.07 bits per heavy atom. The highest BCUT2D eigenvalue weighted by atomic mass is 32.2. The fraction of sp³-hybridized carbons (Fsp3) is 0.875. The molecule has 0 rings (SSSR count). The first kappa shape index (κ1) is 14.6. The van der Waals surface area contributed by atoms with Crippen molar-refractivity contribution in [2.75, 3.05) is 5.75 Å². The number of nitrogens with two attached hydrogens (primary N) is 1. The second-order valence-corrected chi connectivity index (χ2v) is 4.99. The molecule has 0 aromatic heterocycles. The average molecular weight is 245 g/mol. The van der Waals surface area contributed by atoms with Crippen LogP contribution in [-0.4, -0.2) is 27.6 Å². The second kappa shape index (κ2) is 6.22. The molecule has 1 amide bonds. The predicted octanol–water partition coefficient (Wildman–Crippen LogP) is 1.34. The Balaban J connectivity index is 4.04. The van der Waals surface area contributed by atoms with Gasteiger partial charge in [0.25, 0.3) is 0 Å². The van der Waals surface area contributed by atoms with E-state index in [1.54, 1.807) is 6.92 Å². The molecule has 90 valence electrons. The van der Waals surface area contributed by atoms with E-state index in [0.717, 1.165) is 0 Å². The van der Waals surface area contributed by atoms with Gasteiger partial charge in [-0.3, -0.25) is 4.79 Å². The van der Waals surface area contributed by atoms with Crippen molar-refractivity contribution in [3.63, 3.8) is 0 Å². The summed E-state index contributed by atoms with van der Waals surface area (Å²) in [5.74, 6) is -1.10. The summed E-state index contributed by atoms with van der Waals surface area (Å²) in [6, 6.07) is 0. The first-order valence-corrected chi connectivity index (χ1v) is 5.86. The van der Waals surface area contributed by atoms with Gasteiger partial charge in [0.15, 0.2) is 0 Å². The lowest BCUT2D eigenvalue weighted by Crippen LogP contribution is -2.30. The van der Waals surface area contributed by atoms with Gasteiger partial charge in [-0.15, -0.1) is 0 Å². The van der Waals surface area contributed by atoms with E-state index in [9.17, 15) is 22.5 Å². The normalized spacial score (nSPS) is 16.1. The van der Waals surface area contributed by atoms with E-state index >= 15 is 0 Å². The number of alkyl halides is 3. The van der Waals surface area contributed by atoms with Crippen LogP contribution in [0.2, 0.25) is 0 Å². The van der Waals surface area contributed by atoms with E-state index in [1.165, 1.54) is 0 Å². The summed E-state index contributed by atoms with van der Waals surface area (Å²) in [7, 11) is 0. The molecule has 2 unspecified atom stereocenters. The monoisotopic (exact) mass is 245 g/mol. The summed E-state index contributed by atoms with van der Waals surface area (Å²) in [6.07, 6.45) is -5.13. The van der Waals surface area contributed by atoms with Gasteiger partial charge in [0.05, 0.1) is 12.8 Å². The van der Waals surface area contributed by atoms with E-state index in [4.69, 9.17) is 5.73 Å². The standard InChI is InChI=1S/C8H14F3NO2S/c1-2-6(5-7(12)13)15(14)4-3-8(9,10)11/h6H,2-5H2,1H3,(H2,12,13). The third-order valence-corrected chi connectivity index (χ3v) is 3.69. The molecule has 3 nitrogen and oxygen atoms in total. The number of hydrogen-bond acceptors (Lipinski definition) is 2. The van der Waals surface area contributed by atoms with Gasteiger partial charge in [0.2, 0.25) is 5.91 Å². The first-order chi connectivity index (χ1) is 6.76. The quantitative estimate of drug-likeness (QED) is 0.717. The molecule has 0 heterocycles. The zero-order valence-electron chi connectivity index (χ0n) is 8.34. The smallest absolute Gasteiger partial charge is 0.393 e. The lowest BCUT2D eigenvalue weighted by atomic mass is 10.2. The third kappa shape index (κ3) is 7.49. The van der Waals surface area contributed by atoms with Crippen LogP contribution in [0.3, 0.4) is 0 Å². The van der Waals surface area contributed by atoms with E-state index in [-0.39, 0.29) is 6.42 Å². The summed E-state index contributed by atoms with van der Waals surface area (Å²) in [5.41, 5.74) is 4.89. The van der Waals surface area contributed by atoms with Crippen molar-refractivity contribution >= 4 is 17.1 Å². The van der Waals surface area contributed by atoms with Gasteiger partial charge in [-0.25, -0.2) is 0 Å². The van der Waals surface area contributed by atoms with Gasteiger partial charge in [-0.2, -0.15) is 13.2 Å². The summed E-state index contributed by atoms with van der Waals surface area (Å²) >= 11 is -1.65. The van der Waals surface area contributed by atoms with Crippen molar-refractivity contribution < 1.29 is 22.5 Å². The van der Waals surface area contributed by atoms with Gasteiger partial charge in [-0.05, 0) is 17.6 Å². The minimum atomic E-state index is -4.30. The molecule has 0 bridgehead atoms. The predicted molar refractivity (Wildman–Crippen MR) is 51.6 cm³/mol. The summed E-state index contributed by atoms with van der Waals surface area (Å²) in [4.78, 5) is 10.5. The fourth-order valence-electron chi connectivity index (χ4n) is 1.03. The molecule has 0 aromatic carbocycles. The number of primary amides is 1. The molecule has 0 spiro atoms. The molecule has 0 aromatic rings. The number of halogens is 3. The molecule has 0 radical (unpaired) electrons. The number of amides is 1. The molecule has 0 saturated heterocycles. The lowest BCUT2D eigenvalue weighted by molar-refractivity contribution is -0.129. The van der Waals surface area contributed by atoms with Crippen LogP contribution in [-0.2, 0) is 16.0 Å². The fourth-order valence-corrected chi connectivity index (χ4v) is 2.52. The maximum Gasteiger partial charge on any atom is 0.393 e. The largest absolute Gasteiger partial charge is 0.616 e. The Labute approximate surface area is 89.4 Å². The zero-order chi connectivity index (χ0) is 12.1. The summed E-state index contributed by atoms with van der Waals surface area (Å²) in [5, 5.41) is -0.565. The minimum Gasteiger partial charge on any atom is -0.616 e. The van der Waals surface area contributed by atoms with Gasteiger partial charge in [0, 0.05) is 0 Å². The van der Waals surface area contributed by atoms with Gasteiger partial charge < -0.3 is 10.3 Å². The number of carbonyl (C=O) groups is 1. The van der Waals surface area contributed by atoms with Crippen molar-refractivity contribution in [3.8, 4) is 0 Å². The lowest BCUT2D eigenvalue weighted by Gasteiger charge is -2.19. The van der Waals surface area contributed by atoms with E-state index in [0.29, 0.717) is 6.42 Å². The van der Waals surface area contributed by atoms with Crippen molar-refractivity contribution in [1.82, 2.24) is 0 Å². The maximum absolute atomic E-state index is 11.8. The average Bonchev–Trinajstić information content (AvgIpc) is 2.08. The molecular formula is C8H14F3NO2S. The molecule has 0 saturated carbocycles. The SMILES string of the molecule is CCC(CC(N)=O)[S+]([O-])CCC(F)(F)F. The molecule has 0 aliphatic carbocycles. The Hall–Kier alpha value is -0.430. The molecule has 0 aliphatic rings. The number of hydrogen-bond donors (Lipinski definition) is 1. The molecule has 2 atom stereocenters. The van der Waals surface area contributed by atoms with Crippen molar-refractivity contribution in [2.45, 2.75) is 37.6 Å². The molecule has 0 aliphatic heterocycles. The zero-order valence-corrected chi connectivity index (χ0v) is 9.16. The molecule has 7 heteroatoms. The number of rotatable bonds is 6. The van der Waals surface area contributed by atoms with Crippen LogP contribution in [0.25, 0.3) is 0 Å². The van der Waals surface area contributed by atoms with E-state index in [2.05, 4.69) is 0 Å². The highest BCUT2D eigenvalue weighted by molar-refractivity contribution is 7.92. The summed E-state index contributed by atoms with van der Waals surface area (Å²) < 4.78 is 46.8. The molecule has 2 N–H and O–H groups in total. The third-order valence-electron chi connectivity index (χ3n) is 1.84. The maximum atomic E-state index is 11.8. The molecule has 0 fully saturated rings. The molecule has 15 heavy (non-hydrogen) atoms. The molecular weight excluding hydrogens is 231 g/mol. The summed E-state index contributed by atoms with van der Waals surface area (Å²) in [6.45, 7) is 1.67. The second-order valence-electron chi connectivity index (χ2n) is 3.15. The van der Waals surface area contributed by atoms with Crippen LogP contribution >= 0.6 is 0 Å². The van der Waals surface area contributed by atoms with Crippen LogP contribution < -0.4 is 5.73 Å². The van der Waals surface area contributed by atoms with Crippen LogP contribution in [0.15, 0.2) is 0 Å². The van der Waals surface area contributed by atoms with E-state index < -0.39 is 40.7 Å². The first-order valence-electron chi connectivity index (χ1n) is 4.48. The Morgan fingerprint density at radius 1 is 1.53 bits per heavy atom. The Morgan fingerprint density at radius 3 is 2.40 bits per heavy atom. The van der Waals surface area contributed by atoms with Crippen LogP contribution in [0, 0.1) is 0 Å². The van der Waals surface area contributed by atoms with Gasteiger partial charge in [0.1, 0.15) is 11.0 Å². The van der Waals surface area contributed by atoms with Crippen molar-refractivity contribution in [3.05, 3.63) is 0 Å². The van der Waals surface area contributed by atoms with Crippen molar-refractivity contribution in [2.24, 2.45) is 5.73 Å². The highest BCUT2D eigenvalue weighted by Crippen LogP contribution is 2.22.